The number of nitrogens with one attached hydrogen (secondary N) is 2. The zero-order chi connectivity index (χ0) is 12.7. The van der Waals surface area contributed by atoms with Crippen molar-refractivity contribution in [2.24, 2.45) is 5.73 Å². The number of carbonyl (C=O) groups is 2. The first kappa shape index (κ1) is 12.9. The van der Waals surface area contributed by atoms with E-state index >= 15 is 0 Å². The van der Waals surface area contributed by atoms with Crippen molar-refractivity contribution in [1.29, 1.82) is 0 Å². The minimum absolute atomic E-state index is 0.0574. The van der Waals surface area contributed by atoms with Gasteiger partial charge >= 0.3 is 6.03 Å². The van der Waals surface area contributed by atoms with Crippen LogP contribution in [0.15, 0.2) is 12.1 Å². The first-order chi connectivity index (χ1) is 8.13. The highest BCUT2D eigenvalue weighted by Crippen LogP contribution is 2.01. The molecule has 0 aromatic carbocycles. The zero-order valence-electron chi connectivity index (χ0n) is 9.56. The Morgan fingerprint density at radius 1 is 1.35 bits per heavy atom. The van der Waals surface area contributed by atoms with Gasteiger partial charge in [-0.1, -0.05) is 13.3 Å². The molecule has 0 aliphatic heterocycles. The highest BCUT2D eigenvalue weighted by atomic mass is 16.2. The number of nitrogens with zero attached hydrogens (tertiary/aromatic N) is 2. The van der Waals surface area contributed by atoms with Crippen molar-refractivity contribution < 1.29 is 9.59 Å². The second kappa shape index (κ2) is 6.41. The van der Waals surface area contributed by atoms with Crippen LogP contribution >= 0.6 is 0 Å². The fraction of sp³-hybridized carbons (Fsp3) is 0.400. The maximum Gasteiger partial charge on any atom is 0.320 e. The Balaban J connectivity index is 2.46. The number of unbranched alkanes of at least 4 members (excludes halogenated alkanes) is 1. The van der Waals surface area contributed by atoms with Crippen LogP contribution in [0.25, 0.3) is 0 Å². The van der Waals surface area contributed by atoms with Gasteiger partial charge < -0.3 is 11.1 Å². The van der Waals surface area contributed by atoms with Crippen LogP contribution in [-0.2, 0) is 0 Å². The van der Waals surface area contributed by atoms with Crippen LogP contribution in [0.5, 0.6) is 0 Å². The average molecular weight is 237 g/mol. The van der Waals surface area contributed by atoms with E-state index in [4.69, 9.17) is 5.73 Å². The number of primary amides is 1. The summed E-state index contributed by atoms with van der Waals surface area (Å²) >= 11 is 0. The van der Waals surface area contributed by atoms with Crippen LogP contribution in [0.1, 0.15) is 30.3 Å². The highest BCUT2D eigenvalue weighted by molar-refractivity contribution is 5.91. The molecule has 0 saturated carbocycles. The van der Waals surface area contributed by atoms with Gasteiger partial charge in [0.25, 0.3) is 5.91 Å². The second-order valence-corrected chi connectivity index (χ2v) is 3.40. The molecule has 1 rings (SSSR count). The minimum Gasteiger partial charge on any atom is -0.364 e. The summed E-state index contributed by atoms with van der Waals surface area (Å²) in [6.45, 7) is 2.64. The Morgan fingerprint density at radius 2 is 2.12 bits per heavy atom. The van der Waals surface area contributed by atoms with Gasteiger partial charge in [0.1, 0.15) is 0 Å². The van der Waals surface area contributed by atoms with Gasteiger partial charge in [0.05, 0.1) is 0 Å². The highest BCUT2D eigenvalue weighted by Gasteiger charge is 2.05. The molecule has 3 amide bonds. The Labute approximate surface area is 98.8 Å². The van der Waals surface area contributed by atoms with E-state index in [-0.39, 0.29) is 17.5 Å². The molecule has 1 aromatic rings. The summed E-state index contributed by atoms with van der Waals surface area (Å²) in [7, 11) is 0. The molecule has 17 heavy (non-hydrogen) atoms. The number of anilines is 1. The van der Waals surface area contributed by atoms with Crippen LogP contribution in [0.4, 0.5) is 10.6 Å². The molecule has 0 radical (unpaired) electrons. The molecular weight excluding hydrogens is 222 g/mol. The molecular formula is C10H15N5O2. The third kappa shape index (κ3) is 4.45. The lowest BCUT2D eigenvalue weighted by Gasteiger charge is -2.05. The van der Waals surface area contributed by atoms with E-state index in [1.807, 2.05) is 6.92 Å². The van der Waals surface area contributed by atoms with Crippen LogP contribution < -0.4 is 16.4 Å². The molecule has 0 spiro atoms. The zero-order valence-corrected chi connectivity index (χ0v) is 9.56. The number of hydrogen-bond acceptors (Lipinski definition) is 4. The number of nitrogens with two attached hydrogens (primary N) is 1. The van der Waals surface area contributed by atoms with E-state index in [1.165, 1.54) is 12.1 Å². The smallest absolute Gasteiger partial charge is 0.320 e. The Bertz CT molecular complexity index is 390. The molecule has 7 heteroatoms. The van der Waals surface area contributed by atoms with Crippen molar-refractivity contribution in [3.05, 3.63) is 17.8 Å². The largest absolute Gasteiger partial charge is 0.364 e. The van der Waals surface area contributed by atoms with Gasteiger partial charge in [0, 0.05) is 6.54 Å². The lowest BCUT2D eigenvalue weighted by Crippen LogP contribution is -2.30. The molecule has 92 valence electrons. The van der Waals surface area contributed by atoms with E-state index in [2.05, 4.69) is 20.8 Å². The van der Waals surface area contributed by atoms with Gasteiger partial charge in [-0.15, -0.1) is 10.2 Å². The quantitative estimate of drug-likeness (QED) is 0.647. The number of hydrogen-bond donors (Lipinski definition) is 3. The van der Waals surface area contributed by atoms with E-state index in [0.717, 1.165) is 12.8 Å². The number of aromatic nitrogens is 2. The third-order valence-corrected chi connectivity index (χ3v) is 1.97. The van der Waals surface area contributed by atoms with E-state index in [0.29, 0.717) is 6.54 Å². The second-order valence-electron chi connectivity index (χ2n) is 3.40. The minimum atomic E-state index is -0.656. The SMILES string of the molecule is CCCCNC(=O)Nc1ccc(C(N)=O)nn1. The normalized spacial score (nSPS) is 9.71. The van der Waals surface area contributed by atoms with Gasteiger partial charge in [-0.2, -0.15) is 0 Å². The molecule has 0 unspecified atom stereocenters. The van der Waals surface area contributed by atoms with Crippen LogP contribution in [-0.4, -0.2) is 28.7 Å². The Kier molecular flexibility index (Phi) is 4.86. The molecule has 7 nitrogen and oxygen atoms in total. The lowest BCUT2D eigenvalue weighted by atomic mass is 10.3. The fourth-order valence-electron chi connectivity index (χ4n) is 1.07. The van der Waals surface area contributed by atoms with Crippen molar-refractivity contribution in [3.63, 3.8) is 0 Å². The van der Waals surface area contributed by atoms with Gasteiger partial charge in [0.15, 0.2) is 11.5 Å². The van der Waals surface area contributed by atoms with Gasteiger partial charge in [-0.3, -0.25) is 10.1 Å². The lowest BCUT2D eigenvalue weighted by molar-refractivity contribution is 0.0994. The van der Waals surface area contributed by atoms with Crippen molar-refractivity contribution in [3.8, 4) is 0 Å². The molecule has 0 atom stereocenters. The van der Waals surface area contributed by atoms with Gasteiger partial charge in [-0.05, 0) is 18.6 Å². The fourth-order valence-corrected chi connectivity index (χ4v) is 1.07. The predicted molar refractivity (Wildman–Crippen MR) is 62.5 cm³/mol. The number of rotatable bonds is 5. The van der Waals surface area contributed by atoms with Crippen molar-refractivity contribution in [1.82, 2.24) is 15.5 Å². The summed E-state index contributed by atoms with van der Waals surface area (Å²) in [5, 5.41) is 12.4. The molecule has 1 aromatic heterocycles. The Morgan fingerprint density at radius 3 is 2.65 bits per heavy atom. The summed E-state index contributed by atoms with van der Waals surface area (Å²) in [5.41, 5.74) is 5.06. The molecule has 0 fully saturated rings. The topological polar surface area (TPSA) is 110 Å². The van der Waals surface area contributed by atoms with E-state index < -0.39 is 5.91 Å². The van der Waals surface area contributed by atoms with Crippen LogP contribution in [0.2, 0.25) is 0 Å². The molecule has 0 aliphatic carbocycles. The van der Waals surface area contributed by atoms with Crippen LogP contribution in [0.3, 0.4) is 0 Å². The molecule has 0 bridgehead atoms. The number of carbonyl (C=O) groups excluding carboxylic acids is 2. The third-order valence-electron chi connectivity index (χ3n) is 1.97. The summed E-state index contributed by atoms with van der Waals surface area (Å²) in [4.78, 5) is 22.1. The number of amides is 3. The van der Waals surface area contributed by atoms with Crippen molar-refractivity contribution in [2.75, 3.05) is 11.9 Å². The standard InChI is InChI=1S/C10H15N5O2/c1-2-3-6-12-10(17)13-8-5-4-7(9(11)16)14-15-8/h4-5H,2-3,6H2,1H3,(H2,11,16)(H2,12,13,15,17). The molecule has 0 aliphatic rings. The molecule has 0 saturated heterocycles. The summed E-state index contributed by atoms with van der Waals surface area (Å²) < 4.78 is 0. The van der Waals surface area contributed by atoms with Gasteiger partial charge in [-0.25, -0.2) is 4.79 Å². The summed E-state index contributed by atoms with van der Waals surface area (Å²) in [5.74, 6) is -0.388. The Hall–Kier alpha value is -2.18. The van der Waals surface area contributed by atoms with Gasteiger partial charge in [0.2, 0.25) is 0 Å². The molecule has 1 heterocycles. The maximum absolute atomic E-state index is 11.3. The van der Waals surface area contributed by atoms with E-state index in [9.17, 15) is 9.59 Å². The first-order valence-corrected chi connectivity index (χ1v) is 5.32. The van der Waals surface area contributed by atoms with Crippen molar-refractivity contribution in [2.45, 2.75) is 19.8 Å². The molecule has 4 N–H and O–H groups in total. The maximum atomic E-state index is 11.3. The summed E-state index contributed by atoms with van der Waals surface area (Å²) in [6.07, 6.45) is 1.92. The van der Waals surface area contributed by atoms with Crippen molar-refractivity contribution >= 4 is 17.8 Å². The first-order valence-electron chi connectivity index (χ1n) is 5.32. The monoisotopic (exact) mass is 237 g/mol. The van der Waals surface area contributed by atoms with Crippen LogP contribution in [0, 0.1) is 0 Å². The average Bonchev–Trinajstić information content (AvgIpc) is 2.30. The number of urea groups is 1. The van der Waals surface area contributed by atoms with E-state index in [1.54, 1.807) is 0 Å². The predicted octanol–water partition coefficient (Wildman–Crippen LogP) is 0.497. The summed E-state index contributed by atoms with van der Waals surface area (Å²) in [6, 6.07) is 2.52.